The van der Waals surface area contributed by atoms with E-state index in [2.05, 4.69) is 92.4 Å². The van der Waals surface area contributed by atoms with Crippen molar-refractivity contribution in [3.05, 3.63) is 71.9 Å². The van der Waals surface area contributed by atoms with Crippen LogP contribution in [-0.4, -0.2) is 68.0 Å². The summed E-state index contributed by atoms with van der Waals surface area (Å²) in [5.41, 5.74) is 2.61. The molecule has 4 rings (SSSR count). The fraction of sp³-hybridized carbons (Fsp3) is 0.348. The first kappa shape index (κ1) is 18.9. The van der Waals surface area contributed by atoms with Gasteiger partial charge in [0.2, 0.25) is 0 Å². The van der Waals surface area contributed by atoms with Crippen LogP contribution in [0.4, 0.5) is 11.4 Å². The van der Waals surface area contributed by atoms with Crippen LogP contribution in [0.2, 0.25) is 0 Å². The lowest BCUT2D eigenvalue weighted by molar-refractivity contribution is -0.524. The zero-order valence-corrected chi connectivity index (χ0v) is 17.0. The summed E-state index contributed by atoms with van der Waals surface area (Å²) in [6, 6.07) is 21.3. The minimum Gasteiger partial charge on any atom is -0.372 e. The smallest absolute Gasteiger partial charge is 0.183 e. The van der Waals surface area contributed by atoms with Gasteiger partial charge in [-0.1, -0.05) is 48.0 Å². The average molecular weight is 396 g/mol. The Kier molecular flexibility index (Phi) is 6.17. The molecule has 0 aliphatic carbocycles. The molecule has 0 aromatic heterocycles. The number of hydrogen-bond acceptors (Lipinski definition) is 3. The van der Waals surface area contributed by atoms with Gasteiger partial charge in [-0.3, -0.25) is 0 Å². The monoisotopic (exact) mass is 395 g/mol. The second-order valence-electron chi connectivity index (χ2n) is 7.36. The van der Waals surface area contributed by atoms with E-state index in [1.165, 1.54) is 11.4 Å². The van der Waals surface area contributed by atoms with Crippen LogP contribution in [-0.2, 0) is 0 Å². The fourth-order valence-electron chi connectivity index (χ4n) is 3.88. The molecule has 2 aliphatic rings. The van der Waals surface area contributed by atoms with Crippen molar-refractivity contribution in [2.24, 2.45) is 0 Å². The van der Waals surface area contributed by atoms with Crippen LogP contribution < -0.4 is 9.80 Å². The molecule has 2 aromatic rings. The first-order valence-corrected chi connectivity index (χ1v) is 10.5. The highest BCUT2D eigenvalue weighted by Crippen LogP contribution is 2.17. The van der Waals surface area contributed by atoms with Crippen LogP contribution in [0.1, 0.15) is 0 Å². The maximum atomic E-state index is 6.55. The van der Waals surface area contributed by atoms with Crippen molar-refractivity contribution < 1.29 is 4.58 Å². The highest BCUT2D eigenvalue weighted by atomic mass is 35.5. The van der Waals surface area contributed by atoms with E-state index in [0.29, 0.717) is 0 Å². The Morgan fingerprint density at radius 1 is 0.714 bits per heavy atom. The average Bonchev–Trinajstić information content (AvgIpc) is 2.76. The van der Waals surface area contributed by atoms with Gasteiger partial charge in [0.05, 0.1) is 13.1 Å². The summed E-state index contributed by atoms with van der Waals surface area (Å²) in [5.74, 6) is 0. The van der Waals surface area contributed by atoms with E-state index in [1.54, 1.807) is 0 Å². The van der Waals surface area contributed by atoms with Crippen LogP contribution in [0.5, 0.6) is 0 Å². The van der Waals surface area contributed by atoms with Gasteiger partial charge in [-0.25, -0.2) is 4.58 Å². The number of hydrogen-bond donors (Lipinski definition) is 0. The summed E-state index contributed by atoms with van der Waals surface area (Å²) in [6.45, 7) is 8.12. The lowest BCUT2D eigenvalue weighted by Gasteiger charge is -2.35. The van der Waals surface area contributed by atoms with Crippen molar-refractivity contribution in [2.75, 3.05) is 62.2 Å². The molecular formula is C23H28ClN4+. The van der Waals surface area contributed by atoms with Crippen molar-refractivity contribution in [2.45, 2.75) is 0 Å². The Morgan fingerprint density at radius 3 is 1.75 bits per heavy atom. The van der Waals surface area contributed by atoms with Crippen LogP contribution >= 0.6 is 11.6 Å². The highest BCUT2D eigenvalue weighted by molar-refractivity contribution is 6.38. The molecule has 2 heterocycles. The quantitative estimate of drug-likeness (QED) is 0.735. The SMILES string of the molecule is Cl/C(C=[N+]1CCN(c2ccccc2)CC1)=C\N1CCN(c2ccccc2)CC1. The summed E-state index contributed by atoms with van der Waals surface area (Å²) in [4.78, 5) is 7.20. The molecule has 0 radical (unpaired) electrons. The van der Waals surface area contributed by atoms with Gasteiger partial charge < -0.3 is 14.7 Å². The van der Waals surface area contributed by atoms with Gasteiger partial charge in [-0.15, -0.1) is 0 Å². The Bertz CT molecular complexity index is 801. The van der Waals surface area contributed by atoms with Gasteiger partial charge in [0.15, 0.2) is 19.3 Å². The molecule has 2 aliphatic heterocycles. The van der Waals surface area contributed by atoms with E-state index in [-0.39, 0.29) is 0 Å². The minimum atomic E-state index is 0.821. The van der Waals surface area contributed by atoms with Crippen LogP contribution in [0, 0.1) is 0 Å². The molecule has 0 unspecified atom stereocenters. The van der Waals surface area contributed by atoms with Crippen molar-refractivity contribution in [1.29, 1.82) is 0 Å². The highest BCUT2D eigenvalue weighted by Gasteiger charge is 2.19. The zero-order chi connectivity index (χ0) is 19.2. The lowest BCUT2D eigenvalue weighted by Crippen LogP contribution is -2.44. The third kappa shape index (κ3) is 4.87. The summed E-state index contributed by atoms with van der Waals surface area (Å²) in [5, 5.41) is 0.821. The van der Waals surface area contributed by atoms with E-state index in [9.17, 15) is 0 Å². The standard InChI is InChI=1S/C23H28ClN4/c24-21(19-25-11-15-27(16-12-25)22-7-3-1-4-8-22)20-26-13-17-28(18-14-26)23-9-5-2-6-10-23/h1-10,19-20H,11-18H2/q+1. The van der Waals surface area contributed by atoms with Crippen LogP contribution in [0.25, 0.3) is 0 Å². The number of para-hydroxylation sites is 2. The number of anilines is 2. The number of halogens is 1. The number of allylic oxidation sites excluding steroid dienone is 1. The molecule has 2 aromatic carbocycles. The summed E-state index contributed by atoms with van der Waals surface area (Å²) in [6.07, 6.45) is 4.21. The van der Waals surface area contributed by atoms with Gasteiger partial charge in [0.1, 0.15) is 5.03 Å². The third-order valence-corrected chi connectivity index (χ3v) is 5.68. The molecule has 2 saturated heterocycles. The molecule has 2 fully saturated rings. The summed E-state index contributed by atoms with van der Waals surface area (Å²) in [7, 11) is 0. The predicted molar refractivity (Wildman–Crippen MR) is 119 cm³/mol. The minimum absolute atomic E-state index is 0.821. The maximum Gasteiger partial charge on any atom is 0.183 e. The number of piperazine rings is 2. The normalized spacial score (nSPS) is 18.4. The first-order valence-electron chi connectivity index (χ1n) is 10.1. The molecule has 0 bridgehead atoms. The van der Waals surface area contributed by atoms with Crippen LogP contribution in [0.3, 0.4) is 0 Å². The van der Waals surface area contributed by atoms with Gasteiger partial charge in [0, 0.05) is 43.8 Å². The van der Waals surface area contributed by atoms with Crippen molar-refractivity contribution >= 4 is 29.2 Å². The molecule has 0 atom stereocenters. The van der Waals surface area contributed by atoms with Gasteiger partial charge >= 0.3 is 0 Å². The second kappa shape index (κ2) is 9.16. The topological polar surface area (TPSA) is 12.7 Å². The predicted octanol–water partition coefficient (Wildman–Crippen LogP) is 3.49. The molecule has 0 saturated carbocycles. The van der Waals surface area contributed by atoms with E-state index in [0.717, 1.165) is 57.4 Å². The van der Waals surface area contributed by atoms with E-state index >= 15 is 0 Å². The van der Waals surface area contributed by atoms with Crippen molar-refractivity contribution in [1.82, 2.24) is 4.90 Å². The number of rotatable bonds is 4. The first-order chi connectivity index (χ1) is 13.8. The van der Waals surface area contributed by atoms with E-state index in [1.807, 2.05) is 0 Å². The number of nitrogens with zero attached hydrogens (tertiary/aromatic N) is 4. The Hall–Kier alpha value is -2.46. The fourth-order valence-corrected chi connectivity index (χ4v) is 4.15. The molecule has 146 valence electrons. The Labute approximate surface area is 172 Å². The van der Waals surface area contributed by atoms with Gasteiger partial charge in [-0.2, -0.15) is 0 Å². The zero-order valence-electron chi connectivity index (χ0n) is 16.3. The molecule has 0 spiro atoms. The summed E-state index contributed by atoms with van der Waals surface area (Å²) < 4.78 is 2.33. The molecule has 4 nitrogen and oxygen atoms in total. The van der Waals surface area contributed by atoms with Gasteiger partial charge in [0.25, 0.3) is 0 Å². The Morgan fingerprint density at radius 2 is 1.21 bits per heavy atom. The second-order valence-corrected chi connectivity index (χ2v) is 7.80. The van der Waals surface area contributed by atoms with Crippen molar-refractivity contribution in [3.8, 4) is 0 Å². The molecule has 0 N–H and O–H groups in total. The molecule has 0 amide bonds. The molecular weight excluding hydrogens is 368 g/mol. The molecule has 28 heavy (non-hydrogen) atoms. The van der Waals surface area contributed by atoms with Crippen molar-refractivity contribution in [3.63, 3.8) is 0 Å². The maximum absolute atomic E-state index is 6.55. The summed E-state index contributed by atoms with van der Waals surface area (Å²) >= 11 is 6.55. The largest absolute Gasteiger partial charge is 0.372 e. The van der Waals surface area contributed by atoms with E-state index in [4.69, 9.17) is 11.6 Å². The lowest BCUT2D eigenvalue weighted by atomic mass is 10.2. The Balaban J connectivity index is 1.28. The number of benzene rings is 2. The third-order valence-electron chi connectivity index (χ3n) is 5.48. The molecule has 5 heteroatoms. The van der Waals surface area contributed by atoms with Gasteiger partial charge in [-0.05, 0) is 24.3 Å². The van der Waals surface area contributed by atoms with E-state index < -0.39 is 0 Å². The van der Waals surface area contributed by atoms with Crippen LogP contribution in [0.15, 0.2) is 71.9 Å².